The molecule has 0 saturated heterocycles. The molecular weight excluding hydrogens is 274 g/mol. The van der Waals surface area contributed by atoms with Crippen LogP contribution in [-0.2, 0) is 11.3 Å². The summed E-state index contributed by atoms with van der Waals surface area (Å²) in [5, 5.41) is 4.10. The van der Waals surface area contributed by atoms with E-state index in [1.54, 1.807) is 4.52 Å². The van der Waals surface area contributed by atoms with Crippen molar-refractivity contribution in [3.8, 4) is 0 Å². The van der Waals surface area contributed by atoms with Gasteiger partial charge in [-0.25, -0.2) is 19.3 Å². The summed E-state index contributed by atoms with van der Waals surface area (Å²) in [6.07, 6.45) is 3.89. The average molecular weight is 285 g/mol. The number of carbonyl (C=O) groups is 1. The zero-order valence-corrected chi connectivity index (χ0v) is 11.1. The van der Waals surface area contributed by atoms with Gasteiger partial charge in [0, 0.05) is 6.20 Å². The fourth-order valence-electron chi connectivity index (χ4n) is 1.97. The smallest absolute Gasteiger partial charge is 0.358 e. The van der Waals surface area contributed by atoms with Crippen LogP contribution in [0.3, 0.4) is 0 Å². The molecule has 3 aromatic heterocycles. The predicted molar refractivity (Wildman–Crippen MR) is 71.9 cm³/mol. The van der Waals surface area contributed by atoms with Crippen LogP contribution in [0.5, 0.6) is 0 Å². The number of ether oxygens (including phenoxy) is 1. The summed E-state index contributed by atoms with van der Waals surface area (Å²) in [5.74, 6) is -0.595. The minimum absolute atomic E-state index is 0.0721. The van der Waals surface area contributed by atoms with Crippen molar-refractivity contribution in [2.75, 3.05) is 7.11 Å². The Morgan fingerprint density at radius 3 is 3.00 bits per heavy atom. The molecule has 0 saturated carbocycles. The second-order valence-corrected chi connectivity index (χ2v) is 4.28. The Bertz CT molecular complexity index is 867. The van der Waals surface area contributed by atoms with Crippen LogP contribution < -0.4 is 5.56 Å². The average Bonchev–Trinajstić information content (AvgIpc) is 2.98. The Labute approximate surface area is 118 Å². The van der Waals surface area contributed by atoms with Gasteiger partial charge in [0.25, 0.3) is 5.56 Å². The van der Waals surface area contributed by atoms with Crippen LogP contribution in [0, 0.1) is 0 Å². The fourth-order valence-corrected chi connectivity index (χ4v) is 1.97. The molecule has 0 N–H and O–H groups in total. The van der Waals surface area contributed by atoms with E-state index >= 15 is 0 Å². The summed E-state index contributed by atoms with van der Waals surface area (Å²) < 4.78 is 7.60. The number of rotatable bonds is 3. The number of hydrogen-bond acceptors (Lipinski definition) is 6. The van der Waals surface area contributed by atoms with Crippen molar-refractivity contribution in [3.63, 3.8) is 0 Å². The molecule has 8 nitrogen and oxygen atoms in total. The van der Waals surface area contributed by atoms with Gasteiger partial charge in [-0.1, -0.05) is 6.07 Å². The third kappa shape index (κ3) is 2.38. The van der Waals surface area contributed by atoms with Crippen LogP contribution in [0.2, 0.25) is 0 Å². The molecule has 0 bridgehead atoms. The van der Waals surface area contributed by atoms with E-state index in [-0.39, 0.29) is 17.8 Å². The maximum Gasteiger partial charge on any atom is 0.358 e. The van der Waals surface area contributed by atoms with E-state index in [9.17, 15) is 9.59 Å². The molecule has 3 heterocycles. The van der Waals surface area contributed by atoms with Crippen LogP contribution in [0.1, 0.15) is 16.2 Å². The summed E-state index contributed by atoms with van der Waals surface area (Å²) >= 11 is 0. The van der Waals surface area contributed by atoms with Crippen molar-refractivity contribution < 1.29 is 9.53 Å². The zero-order chi connectivity index (χ0) is 14.8. The van der Waals surface area contributed by atoms with Crippen LogP contribution in [0.15, 0.2) is 41.7 Å². The fraction of sp³-hybridized carbons (Fsp3) is 0.154. The molecule has 21 heavy (non-hydrogen) atoms. The second-order valence-electron chi connectivity index (χ2n) is 4.28. The van der Waals surface area contributed by atoms with Crippen LogP contribution in [0.25, 0.3) is 5.65 Å². The van der Waals surface area contributed by atoms with E-state index in [0.717, 1.165) is 11.9 Å². The minimum Gasteiger partial charge on any atom is -0.464 e. The van der Waals surface area contributed by atoms with Gasteiger partial charge in [0.1, 0.15) is 6.33 Å². The van der Waals surface area contributed by atoms with Crippen molar-refractivity contribution >= 4 is 11.6 Å². The van der Waals surface area contributed by atoms with Gasteiger partial charge in [0.2, 0.25) is 0 Å². The molecule has 8 heteroatoms. The summed E-state index contributed by atoms with van der Waals surface area (Å²) in [7, 11) is 1.26. The van der Waals surface area contributed by atoms with Gasteiger partial charge in [-0.3, -0.25) is 4.79 Å². The van der Waals surface area contributed by atoms with E-state index in [2.05, 4.69) is 19.8 Å². The molecule has 0 aliphatic heterocycles. The number of pyridine rings is 1. The molecule has 3 aromatic rings. The highest BCUT2D eigenvalue weighted by atomic mass is 16.5. The first-order valence-electron chi connectivity index (χ1n) is 6.11. The van der Waals surface area contributed by atoms with Gasteiger partial charge in [0.15, 0.2) is 11.3 Å². The lowest BCUT2D eigenvalue weighted by Crippen LogP contribution is -2.23. The van der Waals surface area contributed by atoms with Gasteiger partial charge in [-0.05, 0) is 12.1 Å². The largest absolute Gasteiger partial charge is 0.464 e. The number of methoxy groups -OCH3 is 1. The molecule has 0 aromatic carbocycles. The second kappa shape index (κ2) is 5.16. The molecular formula is C13H11N5O3. The van der Waals surface area contributed by atoms with Crippen LogP contribution >= 0.6 is 0 Å². The van der Waals surface area contributed by atoms with Gasteiger partial charge >= 0.3 is 5.97 Å². The van der Waals surface area contributed by atoms with E-state index in [1.807, 2.05) is 18.2 Å². The molecule has 0 aliphatic carbocycles. The lowest BCUT2D eigenvalue weighted by Gasteiger charge is -2.08. The first kappa shape index (κ1) is 13.0. The van der Waals surface area contributed by atoms with Crippen LogP contribution in [0.4, 0.5) is 0 Å². The lowest BCUT2D eigenvalue weighted by atomic mass is 10.3. The van der Waals surface area contributed by atoms with Crippen molar-refractivity contribution in [3.05, 3.63) is 58.7 Å². The zero-order valence-electron chi connectivity index (χ0n) is 11.1. The molecule has 0 atom stereocenters. The van der Waals surface area contributed by atoms with Crippen molar-refractivity contribution in [2.24, 2.45) is 0 Å². The number of esters is 1. The maximum absolute atomic E-state index is 11.9. The van der Waals surface area contributed by atoms with Crippen molar-refractivity contribution in [1.82, 2.24) is 24.1 Å². The summed E-state index contributed by atoms with van der Waals surface area (Å²) in [4.78, 5) is 31.2. The maximum atomic E-state index is 11.9. The molecule has 0 aliphatic rings. The molecule has 0 fully saturated rings. The molecule has 0 radical (unpaired) electrons. The van der Waals surface area contributed by atoms with Crippen LogP contribution in [-0.4, -0.2) is 37.2 Å². The molecule has 0 unspecified atom stereocenters. The quantitative estimate of drug-likeness (QED) is 0.635. The predicted octanol–water partition coefficient (Wildman–Crippen LogP) is 0.121. The Kier molecular flexibility index (Phi) is 3.19. The Hall–Kier alpha value is -3.03. The minimum atomic E-state index is -0.595. The van der Waals surface area contributed by atoms with Crippen molar-refractivity contribution in [1.29, 1.82) is 0 Å². The SMILES string of the molecule is COC(=O)c1cn(Cc2cccc3ncnn23)c(=O)cn1. The van der Waals surface area contributed by atoms with E-state index in [4.69, 9.17) is 0 Å². The summed E-state index contributed by atoms with van der Waals surface area (Å²) in [6, 6.07) is 5.46. The Morgan fingerprint density at radius 2 is 2.19 bits per heavy atom. The number of carbonyl (C=O) groups excluding carboxylic acids is 1. The van der Waals surface area contributed by atoms with E-state index in [1.165, 1.54) is 24.2 Å². The third-order valence-electron chi connectivity index (χ3n) is 2.98. The molecule has 0 spiro atoms. The Morgan fingerprint density at radius 1 is 1.33 bits per heavy atom. The topological polar surface area (TPSA) is 91.4 Å². The first-order chi connectivity index (χ1) is 10.2. The van der Waals surface area contributed by atoms with Gasteiger partial charge in [0.05, 0.1) is 25.5 Å². The highest BCUT2D eigenvalue weighted by molar-refractivity contribution is 5.86. The summed E-state index contributed by atoms with van der Waals surface area (Å²) in [6.45, 7) is 0.242. The number of aromatic nitrogens is 5. The van der Waals surface area contributed by atoms with Gasteiger partial charge in [-0.15, -0.1) is 0 Å². The monoisotopic (exact) mass is 285 g/mol. The highest BCUT2D eigenvalue weighted by Gasteiger charge is 2.10. The van der Waals surface area contributed by atoms with Crippen molar-refractivity contribution in [2.45, 2.75) is 6.54 Å². The molecule has 106 valence electrons. The summed E-state index contributed by atoms with van der Waals surface area (Å²) in [5.41, 5.74) is 1.19. The Balaban J connectivity index is 2.03. The highest BCUT2D eigenvalue weighted by Crippen LogP contribution is 2.05. The normalized spacial score (nSPS) is 10.7. The molecule has 0 amide bonds. The van der Waals surface area contributed by atoms with Gasteiger partial charge < -0.3 is 9.30 Å². The number of nitrogens with zero attached hydrogens (tertiary/aromatic N) is 5. The number of hydrogen-bond donors (Lipinski definition) is 0. The first-order valence-corrected chi connectivity index (χ1v) is 6.11. The molecule has 3 rings (SSSR count). The van der Waals surface area contributed by atoms with Gasteiger partial charge in [-0.2, -0.15) is 5.10 Å². The standard InChI is InChI=1S/C13H11N5O3/c1-21-13(20)10-7-17(12(19)5-14-10)6-9-3-2-4-11-15-8-16-18(9)11/h2-5,7-8H,6H2,1H3. The third-order valence-corrected chi connectivity index (χ3v) is 2.98. The number of fused-ring (bicyclic) bond motifs is 1. The van der Waals surface area contributed by atoms with E-state index < -0.39 is 5.97 Å². The van der Waals surface area contributed by atoms with E-state index in [0.29, 0.717) is 5.65 Å². The lowest BCUT2D eigenvalue weighted by molar-refractivity contribution is 0.0592.